The second kappa shape index (κ2) is 14.0. The first-order chi connectivity index (χ1) is 20.7. The molecule has 8 nitrogen and oxygen atoms in total. The van der Waals surface area contributed by atoms with Gasteiger partial charge in [-0.2, -0.15) is 0 Å². The molecule has 0 aliphatic rings. The van der Waals surface area contributed by atoms with Gasteiger partial charge in [0.05, 0.1) is 28.9 Å². The maximum Gasteiger partial charge on any atom is 0.336 e. The van der Waals surface area contributed by atoms with Crippen molar-refractivity contribution >= 4 is 17.0 Å². The van der Waals surface area contributed by atoms with Gasteiger partial charge in [0.2, 0.25) is 0 Å². The summed E-state index contributed by atoms with van der Waals surface area (Å²) in [5, 5.41) is 9.65. The van der Waals surface area contributed by atoms with Gasteiger partial charge in [-0.15, -0.1) is 0 Å². The van der Waals surface area contributed by atoms with Crippen molar-refractivity contribution in [2.24, 2.45) is 5.92 Å². The first-order valence-electron chi connectivity index (χ1n) is 15.2. The lowest BCUT2D eigenvalue weighted by Gasteiger charge is -2.13. The predicted molar refractivity (Wildman–Crippen MR) is 176 cm³/mol. The van der Waals surface area contributed by atoms with Gasteiger partial charge in [-0.1, -0.05) is 63.2 Å². The number of nitrogens with zero attached hydrogens (tertiary/aromatic N) is 4. The molecule has 0 bridgehead atoms. The minimum Gasteiger partial charge on any atom is -0.478 e. The first kappa shape index (κ1) is 32.6. The third kappa shape index (κ3) is 6.61. The number of carboxylic acids is 1. The van der Waals surface area contributed by atoms with E-state index in [1.54, 1.807) is 19.2 Å². The van der Waals surface area contributed by atoms with Gasteiger partial charge in [0.1, 0.15) is 11.6 Å². The summed E-state index contributed by atoms with van der Waals surface area (Å²) >= 11 is 0. The molecule has 0 radical (unpaired) electrons. The van der Waals surface area contributed by atoms with E-state index in [1.165, 1.54) is 5.69 Å². The Hall–Kier alpha value is -4.27. The van der Waals surface area contributed by atoms with Gasteiger partial charge in [-0.25, -0.2) is 14.8 Å². The lowest BCUT2D eigenvalue weighted by Crippen LogP contribution is -2.08. The van der Waals surface area contributed by atoms with E-state index >= 15 is 0 Å². The monoisotopic (exact) mass is 596 g/mol. The number of aryl methyl sites for hydroxylation is 2. The zero-order valence-electron chi connectivity index (χ0n) is 26.6. The standard InChI is InChI=1S/C36H42N4O3.H2O/c1-7-10-33-38-34-24(4)20-28(35-37-31(19-23(2)3)25(5)39(35)17-18-43-6)21-32(34)40(33)22-26-13-15-27(16-14-26)29-11-8-9-12-30(29)36(41)42;/h8-9,11-16,20-21,23H,7,10,17-19,22H2,1-6H3,(H,41,42);1H2. The normalized spacial score (nSPS) is 11.3. The number of hydrogen-bond donors (Lipinski definition) is 1. The minimum atomic E-state index is -0.922. The van der Waals surface area contributed by atoms with Crippen LogP contribution >= 0.6 is 0 Å². The number of carboxylic acid groups (broad SMARTS) is 1. The molecule has 232 valence electrons. The van der Waals surface area contributed by atoms with Crippen LogP contribution in [0.15, 0.2) is 60.7 Å². The highest BCUT2D eigenvalue weighted by Gasteiger charge is 2.20. The van der Waals surface area contributed by atoms with E-state index in [2.05, 4.69) is 68.0 Å². The number of ether oxygens (including phenoxy) is 1. The molecule has 2 heterocycles. The lowest BCUT2D eigenvalue weighted by molar-refractivity contribution is 0.0697. The van der Waals surface area contributed by atoms with Gasteiger partial charge < -0.3 is 24.5 Å². The Labute approximate surface area is 259 Å². The third-order valence-corrected chi connectivity index (χ3v) is 8.06. The van der Waals surface area contributed by atoms with E-state index in [4.69, 9.17) is 14.7 Å². The highest BCUT2D eigenvalue weighted by Crippen LogP contribution is 2.31. The zero-order chi connectivity index (χ0) is 30.7. The Kier molecular flexibility index (Phi) is 10.4. The lowest BCUT2D eigenvalue weighted by atomic mass is 9.98. The average Bonchev–Trinajstić information content (AvgIpc) is 3.48. The number of benzene rings is 3. The van der Waals surface area contributed by atoms with Gasteiger partial charge in [0, 0.05) is 37.9 Å². The molecule has 0 saturated heterocycles. The quantitative estimate of drug-likeness (QED) is 0.168. The van der Waals surface area contributed by atoms with Crippen LogP contribution in [0.25, 0.3) is 33.5 Å². The van der Waals surface area contributed by atoms with Gasteiger partial charge in [0.25, 0.3) is 0 Å². The molecule has 44 heavy (non-hydrogen) atoms. The summed E-state index contributed by atoms with van der Waals surface area (Å²) in [5.41, 5.74) is 9.73. The van der Waals surface area contributed by atoms with Crippen LogP contribution in [0.4, 0.5) is 0 Å². The number of fused-ring (bicyclic) bond motifs is 1. The highest BCUT2D eigenvalue weighted by atomic mass is 16.5. The molecule has 5 aromatic rings. The number of imidazole rings is 2. The van der Waals surface area contributed by atoms with E-state index in [0.29, 0.717) is 24.6 Å². The molecule has 2 aromatic heterocycles. The van der Waals surface area contributed by atoms with Crippen molar-refractivity contribution < 1.29 is 20.1 Å². The number of rotatable bonds is 12. The van der Waals surface area contributed by atoms with Crippen molar-refractivity contribution in [3.05, 3.63) is 94.6 Å². The fraction of sp³-hybridized carbons (Fsp3) is 0.361. The highest BCUT2D eigenvalue weighted by molar-refractivity contribution is 5.96. The van der Waals surface area contributed by atoms with Crippen LogP contribution in [0, 0.1) is 19.8 Å². The molecule has 0 aliphatic carbocycles. The summed E-state index contributed by atoms with van der Waals surface area (Å²) in [6, 6.07) is 19.8. The van der Waals surface area contributed by atoms with Crippen LogP contribution in [-0.2, 0) is 30.7 Å². The van der Waals surface area contributed by atoms with Crippen LogP contribution in [0.1, 0.15) is 65.9 Å². The summed E-state index contributed by atoms with van der Waals surface area (Å²) in [4.78, 5) is 22.1. The SMILES string of the molecule is CCCc1nc2c(C)cc(-c3nc(CC(C)C)c(C)n3CCOC)cc2n1Cc1ccc(-c2ccccc2C(=O)O)cc1.O. The van der Waals surface area contributed by atoms with Gasteiger partial charge in [-0.05, 0) is 73.1 Å². The molecule has 3 aromatic carbocycles. The fourth-order valence-electron chi connectivity index (χ4n) is 5.89. The number of aromatic nitrogens is 4. The molecule has 0 saturated carbocycles. The Bertz CT molecular complexity index is 1750. The van der Waals surface area contributed by atoms with Crippen LogP contribution in [0.3, 0.4) is 0 Å². The predicted octanol–water partition coefficient (Wildman–Crippen LogP) is 6.90. The molecular weight excluding hydrogens is 552 g/mol. The number of hydrogen-bond acceptors (Lipinski definition) is 4. The smallest absolute Gasteiger partial charge is 0.336 e. The number of carbonyl (C=O) groups is 1. The zero-order valence-corrected chi connectivity index (χ0v) is 26.6. The molecule has 0 amide bonds. The van der Waals surface area contributed by atoms with Crippen molar-refractivity contribution in [2.75, 3.05) is 13.7 Å². The number of methoxy groups -OCH3 is 1. The second-order valence-electron chi connectivity index (χ2n) is 11.8. The summed E-state index contributed by atoms with van der Waals surface area (Å²) < 4.78 is 10.1. The van der Waals surface area contributed by atoms with Crippen molar-refractivity contribution in [3.63, 3.8) is 0 Å². The molecule has 0 spiro atoms. The summed E-state index contributed by atoms with van der Waals surface area (Å²) in [7, 11) is 1.74. The summed E-state index contributed by atoms with van der Waals surface area (Å²) in [5.74, 6) is 1.64. The van der Waals surface area contributed by atoms with E-state index in [1.807, 2.05) is 24.3 Å². The Morgan fingerprint density at radius 1 is 0.977 bits per heavy atom. The van der Waals surface area contributed by atoms with Crippen molar-refractivity contribution in [3.8, 4) is 22.5 Å². The maximum absolute atomic E-state index is 11.8. The molecular formula is C36H44N4O4. The molecule has 0 fully saturated rings. The van der Waals surface area contributed by atoms with Gasteiger partial charge in [-0.3, -0.25) is 0 Å². The van der Waals surface area contributed by atoms with Gasteiger partial charge in [0.15, 0.2) is 0 Å². The number of aromatic carboxylic acids is 1. The Morgan fingerprint density at radius 3 is 2.36 bits per heavy atom. The first-order valence-corrected chi connectivity index (χ1v) is 15.2. The topological polar surface area (TPSA) is 114 Å². The van der Waals surface area contributed by atoms with E-state index in [0.717, 1.165) is 82.0 Å². The average molecular weight is 597 g/mol. The Morgan fingerprint density at radius 2 is 1.70 bits per heavy atom. The second-order valence-corrected chi connectivity index (χ2v) is 11.8. The summed E-state index contributed by atoms with van der Waals surface area (Å²) in [6.07, 6.45) is 2.82. The Balaban J connectivity index is 0.00000442. The van der Waals surface area contributed by atoms with Crippen LogP contribution in [0.5, 0.6) is 0 Å². The van der Waals surface area contributed by atoms with Crippen molar-refractivity contribution in [2.45, 2.75) is 67.0 Å². The molecule has 5 rings (SSSR count). The van der Waals surface area contributed by atoms with Crippen LogP contribution in [0.2, 0.25) is 0 Å². The van der Waals surface area contributed by atoms with E-state index in [9.17, 15) is 9.90 Å². The largest absolute Gasteiger partial charge is 0.478 e. The van der Waals surface area contributed by atoms with Crippen molar-refractivity contribution in [1.29, 1.82) is 0 Å². The maximum atomic E-state index is 11.8. The molecule has 0 atom stereocenters. The van der Waals surface area contributed by atoms with E-state index < -0.39 is 5.97 Å². The van der Waals surface area contributed by atoms with Gasteiger partial charge >= 0.3 is 5.97 Å². The minimum absolute atomic E-state index is 0. The van der Waals surface area contributed by atoms with Crippen molar-refractivity contribution in [1.82, 2.24) is 19.1 Å². The third-order valence-electron chi connectivity index (χ3n) is 8.06. The van der Waals surface area contributed by atoms with Crippen LogP contribution in [-0.4, -0.2) is 49.4 Å². The van der Waals surface area contributed by atoms with Crippen LogP contribution < -0.4 is 0 Å². The fourth-order valence-corrected chi connectivity index (χ4v) is 5.89. The molecule has 8 heteroatoms. The molecule has 0 unspecified atom stereocenters. The van der Waals surface area contributed by atoms with E-state index in [-0.39, 0.29) is 5.48 Å². The molecule has 3 N–H and O–H groups in total. The molecule has 0 aliphatic heterocycles. The summed E-state index contributed by atoms with van der Waals surface area (Å²) in [6.45, 7) is 13.0.